The van der Waals surface area contributed by atoms with Crippen molar-refractivity contribution in [1.82, 2.24) is 39.4 Å². The molecular formula is C33H29N11. The normalized spacial score (nSPS) is 15.4. The molecule has 5 heterocycles. The summed E-state index contributed by atoms with van der Waals surface area (Å²) in [6.07, 6.45) is 3.08. The molecule has 0 aliphatic carbocycles. The maximum Gasteiger partial charge on any atom is 0.236 e. The molecule has 0 saturated carbocycles. The van der Waals surface area contributed by atoms with Crippen LogP contribution in [-0.2, 0) is 6.54 Å². The van der Waals surface area contributed by atoms with E-state index in [9.17, 15) is 0 Å². The van der Waals surface area contributed by atoms with E-state index in [4.69, 9.17) is 21.0 Å². The van der Waals surface area contributed by atoms with Crippen LogP contribution in [0.5, 0.6) is 0 Å². The average molecular weight is 580 g/mol. The van der Waals surface area contributed by atoms with Crippen LogP contribution in [-0.4, -0.2) is 65.0 Å². The molecule has 0 amide bonds. The number of benzene rings is 2. The van der Waals surface area contributed by atoms with Crippen LogP contribution in [0, 0.1) is 11.3 Å². The molecular weight excluding hydrogens is 550 g/mol. The third-order valence-corrected chi connectivity index (χ3v) is 7.88. The Bertz CT molecular complexity index is 1980. The van der Waals surface area contributed by atoms with Gasteiger partial charge >= 0.3 is 0 Å². The van der Waals surface area contributed by atoms with Crippen molar-refractivity contribution < 1.29 is 0 Å². The Kier molecular flexibility index (Phi) is 7.09. The van der Waals surface area contributed by atoms with Gasteiger partial charge in [-0.05, 0) is 48.9 Å². The number of hydrogen-bond acceptors (Lipinski definition) is 10. The molecule has 1 fully saturated rings. The Morgan fingerprint density at radius 1 is 0.886 bits per heavy atom. The molecule has 44 heavy (non-hydrogen) atoms. The largest absolute Gasteiger partial charge is 0.383 e. The van der Waals surface area contributed by atoms with E-state index in [1.54, 1.807) is 6.20 Å². The van der Waals surface area contributed by atoms with Gasteiger partial charge in [-0.3, -0.25) is 9.47 Å². The van der Waals surface area contributed by atoms with Crippen LogP contribution in [0.3, 0.4) is 0 Å². The summed E-state index contributed by atoms with van der Waals surface area (Å²) < 4.78 is 2.06. The number of piperazine rings is 1. The highest BCUT2D eigenvalue weighted by atomic mass is 15.3. The van der Waals surface area contributed by atoms with Crippen LogP contribution in [0.15, 0.2) is 91.4 Å². The zero-order valence-corrected chi connectivity index (χ0v) is 24.1. The van der Waals surface area contributed by atoms with Crippen molar-refractivity contribution in [2.75, 3.05) is 30.3 Å². The summed E-state index contributed by atoms with van der Waals surface area (Å²) in [7, 11) is 0. The highest BCUT2D eigenvalue weighted by molar-refractivity contribution is 5.84. The summed E-state index contributed by atoms with van der Waals surface area (Å²) in [5.41, 5.74) is 12.7. The first-order valence-electron chi connectivity index (χ1n) is 14.4. The molecule has 1 aliphatic heterocycles. The standard InChI is InChI=1S/C33H29N11/c1-22-19-42(16-17-43(22)33-38-21-37-29(18-34)41-33)20-23-9-11-25(12-10-23)44-31(26-8-5-15-36-30(26)35)40-28-14-13-27(39-32(28)44)24-6-3-2-4-7-24/h2-15,21-22H,16-17,19-20H2,1H3,(H2,35,36). The minimum absolute atomic E-state index is 0.135. The van der Waals surface area contributed by atoms with E-state index in [0.29, 0.717) is 17.6 Å². The topological polar surface area (TPSA) is 139 Å². The van der Waals surface area contributed by atoms with E-state index < -0.39 is 0 Å². The first-order valence-corrected chi connectivity index (χ1v) is 14.4. The molecule has 2 aromatic carbocycles. The summed E-state index contributed by atoms with van der Waals surface area (Å²) in [5.74, 6) is 1.79. The molecule has 216 valence electrons. The van der Waals surface area contributed by atoms with Crippen molar-refractivity contribution in [3.05, 3.63) is 103 Å². The molecule has 4 aromatic heterocycles. The van der Waals surface area contributed by atoms with Gasteiger partial charge in [0.15, 0.2) is 11.5 Å². The third-order valence-electron chi connectivity index (χ3n) is 7.88. The Hall–Kier alpha value is -5.73. The first-order chi connectivity index (χ1) is 21.6. The van der Waals surface area contributed by atoms with Crippen molar-refractivity contribution in [3.63, 3.8) is 0 Å². The lowest BCUT2D eigenvalue weighted by molar-refractivity contribution is 0.219. The van der Waals surface area contributed by atoms with Crippen LogP contribution < -0.4 is 10.6 Å². The van der Waals surface area contributed by atoms with Gasteiger partial charge in [0.25, 0.3) is 0 Å². The molecule has 0 spiro atoms. The number of fused-ring (bicyclic) bond motifs is 1. The van der Waals surface area contributed by atoms with Crippen molar-refractivity contribution >= 4 is 22.9 Å². The molecule has 2 N–H and O–H groups in total. The van der Waals surface area contributed by atoms with Crippen molar-refractivity contribution in [1.29, 1.82) is 5.26 Å². The minimum Gasteiger partial charge on any atom is -0.383 e. The van der Waals surface area contributed by atoms with Crippen LogP contribution in [0.1, 0.15) is 18.3 Å². The molecule has 1 atom stereocenters. The number of nitrogen functional groups attached to an aromatic ring is 1. The number of nitrogens with two attached hydrogens (primary N) is 1. The van der Waals surface area contributed by atoms with Crippen LogP contribution >= 0.6 is 0 Å². The Balaban J connectivity index is 1.18. The molecule has 0 radical (unpaired) electrons. The molecule has 0 bridgehead atoms. The van der Waals surface area contributed by atoms with Gasteiger partial charge in [-0.25, -0.2) is 24.9 Å². The van der Waals surface area contributed by atoms with E-state index in [0.717, 1.165) is 59.9 Å². The van der Waals surface area contributed by atoms with E-state index in [2.05, 4.69) is 77.6 Å². The number of nitriles is 1. The predicted molar refractivity (Wildman–Crippen MR) is 169 cm³/mol. The lowest BCUT2D eigenvalue weighted by atomic mass is 10.1. The Labute approximate surface area is 254 Å². The highest BCUT2D eigenvalue weighted by Gasteiger charge is 2.26. The van der Waals surface area contributed by atoms with Gasteiger partial charge in [-0.2, -0.15) is 10.2 Å². The van der Waals surface area contributed by atoms with Crippen LogP contribution in [0.2, 0.25) is 0 Å². The van der Waals surface area contributed by atoms with E-state index >= 15 is 0 Å². The number of hydrogen-bond donors (Lipinski definition) is 1. The molecule has 11 heteroatoms. The van der Waals surface area contributed by atoms with Gasteiger partial charge in [0, 0.05) is 49.7 Å². The Morgan fingerprint density at radius 2 is 1.73 bits per heavy atom. The second kappa shape index (κ2) is 11.5. The third kappa shape index (κ3) is 5.19. The Morgan fingerprint density at radius 3 is 2.50 bits per heavy atom. The summed E-state index contributed by atoms with van der Waals surface area (Å²) >= 11 is 0. The second-order valence-corrected chi connectivity index (χ2v) is 10.8. The first kappa shape index (κ1) is 27.1. The van der Waals surface area contributed by atoms with Crippen LogP contribution in [0.25, 0.3) is 39.5 Å². The van der Waals surface area contributed by atoms with Gasteiger partial charge in [-0.1, -0.05) is 42.5 Å². The fourth-order valence-corrected chi connectivity index (χ4v) is 5.72. The molecule has 1 saturated heterocycles. The van der Waals surface area contributed by atoms with Crippen molar-refractivity contribution in [2.45, 2.75) is 19.5 Å². The predicted octanol–water partition coefficient (Wildman–Crippen LogP) is 4.50. The molecule has 6 aromatic rings. The molecule has 1 aliphatic rings. The minimum atomic E-state index is 0.135. The molecule has 7 rings (SSSR count). The monoisotopic (exact) mass is 579 g/mol. The lowest BCUT2D eigenvalue weighted by Crippen LogP contribution is -2.52. The van der Waals surface area contributed by atoms with Crippen molar-refractivity contribution in [3.8, 4) is 34.4 Å². The number of pyridine rings is 2. The quantitative estimate of drug-likeness (QED) is 0.300. The number of anilines is 2. The summed E-state index contributed by atoms with van der Waals surface area (Å²) in [4.78, 5) is 31.4. The van der Waals surface area contributed by atoms with Gasteiger partial charge in [-0.15, -0.1) is 0 Å². The molecule has 11 nitrogen and oxygen atoms in total. The second-order valence-electron chi connectivity index (χ2n) is 10.8. The zero-order valence-electron chi connectivity index (χ0n) is 24.1. The number of nitrogens with zero attached hydrogens (tertiary/aromatic N) is 10. The van der Waals surface area contributed by atoms with Gasteiger partial charge in [0.2, 0.25) is 11.8 Å². The van der Waals surface area contributed by atoms with Gasteiger partial charge < -0.3 is 10.6 Å². The fourth-order valence-electron chi connectivity index (χ4n) is 5.72. The zero-order chi connectivity index (χ0) is 30.0. The maximum atomic E-state index is 9.16. The SMILES string of the molecule is CC1CN(Cc2ccc(-n3c(-c4cccnc4N)nc4ccc(-c5ccccc5)nc43)cc2)CCN1c1ncnc(C#N)n1. The number of rotatable bonds is 6. The number of aromatic nitrogens is 7. The van der Waals surface area contributed by atoms with Gasteiger partial charge in [0.1, 0.15) is 23.7 Å². The summed E-state index contributed by atoms with van der Waals surface area (Å²) in [6, 6.07) is 28.6. The van der Waals surface area contributed by atoms with Crippen LogP contribution in [0.4, 0.5) is 11.8 Å². The summed E-state index contributed by atoms with van der Waals surface area (Å²) in [6.45, 7) is 5.42. The van der Waals surface area contributed by atoms with Crippen molar-refractivity contribution in [2.24, 2.45) is 0 Å². The van der Waals surface area contributed by atoms with E-state index in [-0.39, 0.29) is 11.9 Å². The molecule has 1 unspecified atom stereocenters. The van der Waals surface area contributed by atoms with E-state index in [1.165, 1.54) is 11.9 Å². The maximum absolute atomic E-state index is 9.16. The average Bonchev–Trinajstić information content (AvgIpc) is 3.44. The highest BCUT2D eigenvalue weighted by Crippen LogP contribution is 2.32. The number of imidazole rings is 1. The smallest absolute Gasteiger partial charge is 0.236 e. The van der Waals surface area contributed by atoms with Gasteiger partial charge in [0.05, 0.1) is 11.3 Å². The van der Waals surface area contributed by atoms with E-state index in [1.807, 2.05) is 48.5 Å². The fraction of sp³-hybridized carbons (Fsp3) is 0.182. The lowest BCUT2D eigenvalue weighted by Gasteiger charge is -2.39. The summed E-state index contributed by atoms with van der Waals surface area (Å²) in [5, 5.41) is 9.16.